The lowest BCUT2D eigenvalue weighted by Crippen LogP contribution is -2.59. The maximum atomic E-state index is 14.4. The molecule has 322 valence electrons. The highest BCUT2D eigenvalue weighted by Gasteiger charge is 2.51. The number of cyclic esters (lactones) is 1. The number of fused-ring (bicyclic) bond motifs is 6. The van der Waals surface area contributed by atoms with E-state index in [1.165, 1.54) is 32.1 Å². The molecule has 2 aromatic rings. The molecule has 58 heavy (non-hydrogen) atoms. The molecule has 17 heteroatoms. The predicted molar refractivity (Wildman–Crippen MR) is 218 cm³/mol. The summed E-state index contributed by atoms with van der Waals surface area (Å²) in [4.78, 5) is 57.4. The number of hydrogen-bond acceptors (Lipinski definition) is 16. The number of amides is 1. The van der Waals surface area contributed by atoms with E-state index in [0.717, 1.165) is 15.8 Å². The van der Waals surface area contributed by atoms with Gasteiger partial charge in [0.25, 0.3) is 0 Å². The number of thiazole rings is 1. The number of likely N-dealkylation sites (N-methyl/N-ethyl adjacent to an activating group) is 1. The zero-order valence-electron chi connectivity index (χ0n) is 35.3. The van der Waals surface area contributed by atoms with Gasteiger partial charge in [0.15, 0.2) is 17.2 Å². The third-order valence-electron chi connectivity index (χ3n) is 11.7. The van der Waals surface area contributed by atoms with E-state index in [0.29, 0.717) is 23.0 Å². The number of rotatable bonds is 7. The zero-order chi connectivity index (χ0) is 42.7. The first-order valence-corrected chi connectivity index (χ1v) is 20.8. The molecule has 0 unspecified atom stereocenters. The lowest BCUT2D eigenvalue weighted by Gasteiger charge is -2.47. The number of hydrogen-bond donors (Lipinski definition) is 3. The van der Waals surface area contributed by atoms with E-state index in [1.54, 1.807) is 20.8 Å². The topological polar surface area (TPSA) is 214 Å². The summed E-state index contributed by atoms with van der Waals surface area (Å²) in [5.41, 5.74) is 5.00. The van der Waals surface area contributed by atoms with Crippen molar-refractivity contribution in [1.82, 2.24) is 9.88 Å². The third-order valence-corrected chi connectivity index (χ3v) is 12.5. The van der Waals surface area contributed by atoms with Crippen LogP contribution in [0.1, 0.15) is 86.6 Å². The number of ether oxygens (including phenoxy) is 5. The monoisotopic (exact) mass is 831 g/mol. The van der Waals surface area contributed by atoms with E-state index < -0.39 is 77.3 Å². The number of anilines is 1. The Morgan fingerprint density at radius 1 is 1.16 bits per heavy atom. The van der Waals surface area contributed by atoms with Gasteiger partial charge in [0.2, 0.25) is 5.91 Å². The number of benzene rings is 1. The van der Waals surface area contributed by atoms with E-state index in [4.69, 9.17) is 34.3 Å². The average Bonchev–Trinajstić information content (AvgIpc) is 3.53. The van der Waals surface area contributed by atoms with Gasteiger partial charge in [0.1, 0.15) is 36.0 Å². The van der Waals surface area contributed by atoms with Crippen LogP contribution < -0.4 is 5.73 Å². The maximum Gasteiger partial charge on any atom is 0.316 e. The number of esters is 1. The molecule has 5 rings (SSSR count). The number of nitrogen functional groups attached to an aromatic ring is 1. The van der Waals surface area contributed by atoms with E-state index in [9.17, 15) is 24.6 Å². The maximum absolute atomic E-state index is 14.4. The van der Waals surface area contributed by atoms with Crippen molar-refractivity contribution in [3.63, 3.8) is 0 Å². The minimum atomic E-state index is -1.82. The first-order chi connectivity index (χ1) is 27.2. The second-order valence-electron chi connectivity index (χ2n) is 16.7. The fourth-order valence-electron chi connectivity index (χ4n) is 8.30. The van der Waals surface area contributed by atoms with Gasteiger partial charge in [-0.25, -0.2) is 9.98 Å². The Hall–Kier alpha value is -3.42. The molecule has 3 saturated heterocycles. The Kier molecular flexibility index (Phi) is 14.9. The van der Waals surface area contributed by atoms with Gasteiger partial charge in [0, 0.05) is 31.0 Å². The number of oxime groups is 1. The molecule has 1 aromatic heterocycles. The second-order valence-corrected chi connectivity index (χ2v) is 17.8. The third kappa shape index (κ3) is 10.5. The standard InChI is InChI=1S/C41H61N5O11S/c1-11-32-41(8,51)33-16-29(43-25(6)47)21(2)17-40(7,53-20-27(19-52-33)45-54-18-26-12-13-28-31(15-26)58-39(42)44-28)36(23(4)34(48)24(5)37(50)56-32)57-38-35(49)30(46(9)10)14-22(3)55-38/h12-13,15,21-24,30,32-33,35-36,38,49,51H,11,14,16-20H2,1-10H3,(H2,42,44)/b43-29?,45-27-/t21-,22-,23+,24-,30+,32+,33+,35-,36-,38+,40-,41-/m1/s1. The zero-order valence-corrected chi connectivity index (χ0v) is 36.1. The van der Waals surface area contributed by atoms with Crippen molar-refractivity contribution < 1.29 is 53.1 Å². The highest BCUT2D eigenvalue weighted by atomic mass is 32.1. The number of ketones is 1. The average molecular weight is 832 g/mol. The Morgan fingerprint density at radius 2 is 1.88 bits per heavy atom. The fourth-order valence-corrected chi connectivity index (χ4v) is 9.09. The summed E-state index contributed by atoms with van der Waals surface area (Å²) in [5, 5.41) is 28.8. The van der Waals surface area contributed by atoms with Crippen molar-refractivity contribution in [2.75, 3.05) is 33.0 Å². The van der Waals surface area contributed by atoms with Crippen LogP contribution in [0.2, 0.25) is 0 Å². The van der Waals surface area contributed by atoms with Crippen molar-refractivity contribution >= 4 is 55.8 Å². The molecule has 2 bridgehead atoms. The molecule has 3 aliphatic rings. The molecule has 0 aliphatic carbocycles. The molecule has 12 atom stereocenters. The van der Waals surface area contributed by atoms with Crippen LogP contribution in [-0.4, -0.2) is 131 Å². The van der Waals surface area contributed by atoms with Crippen LogP contribution in [0, 0.1) is 17.8 Å². The molecular formula is C41H61N5O11S. The number of aliphatic imine (C=N–C) groups is 1. The lowest BCUT2D eigenvalue weighted by molar-refractivity contribution is -0.296. The smallest absolute Gasteiger partial charge is 0.316 e. The highest BCUT2D eigenvalue weighted by Crippen LogP contribution is 2.39. The van der Waals surface area contributed by atoms with Gasteiger partial charge in [-0.05, 0) is 84.7 Å². The molecule has 16 nitrogen and oxygen atoms in total. The summed E-state index contributed by atoms with van der Waals surface area (Å²) in [5.74, 6) is -4.56. The first kappa shape index (κ1) is 45.7. The van der Waals surface area contributed by atoms with Crippen LogP contribution in [-0.2, 0) is 49.5 Å². The number of aromatic nitrogens is 1. The summed E-state index contributed by atoms with van der Waals surface area (Å²) >= 11 is 1.36. The largest absolute Gasteiger partial charge is 0.459 e. The molecule has 1 amide bonds. The van der Waals surface area contributed by atoms with Gasteiger partial charge in [-0.15, -0.1) is 0 Å². The fraction of sp³-hybridized carbons (Fsp3) is 0.707. The molecule has 0 saturated carbocycles. The van der Waals surface area contributed by atoms with E-state index in [2.05, 4.69) is 15.1 Å². The summed E-state index contributed by atoms with van der Waals surface area (Å²) in [7, 11) is 3.73. The molecule has 3 fully saturated rings. The molecule has 0 radical (unpaired) electrons. The van der Waals surface area contributed by atoms with Crippen molar-refractivity contribution in [2.45, 2.75) is 142 Å². The number of nitrogens with zero attached hydrogens (tertiary/aromatic N) is 4. The number of aliphatic hydroxyl groups is 2. The van der Waals surface area contributed by atoms with Crippen molar-refractivity contribution in [2.24, 2.45) is 27.9 Å². The summed E-state index contributed by atoms with van der Waals surface area (Å²) in [6.07, 6.45) is -5.05. The SMILES string of the molecule is CC[C@@H]1OC(=O)[C@H](C)C(=O)[C@H](C)[C@@H](O[C@@H]2O[C@H](C)C[C@H](N(C)C)[C@H]2O)[C@@]2(C)C[C@@H](C)C(=NC(C)=O)C[C@H](OC/C(=N/OCc3ccc4nc(N)sc4c3)CO2)[C@]1(C)O. The molecule has 1 aromatic carbocycles. The number of carbonyl (C=O) groups is 3. The van der Waals surface area contributed by atoms with Crippen LogP contribution in [0.25, 0.3) is 10.2 Å². The first-order valence-electron chi connectivity index (χ1n) is 20.0. The van der Waals surface area contributed by atoms with E-state index in [-0.39, 0.29) is 51.2 Å². The number of aliphatic hydroxyl groups excluding tert-OH is 1. The van der Waals surface area contributed by atoms with Crippen molar-refractivity contribution in [1.29, 1.82) is 0 Å². The minimum Gasteiger partial charge on any atom is -0.459 e. The summed E-state index contributed by atoms with van der Waals surface area (Å²) in [6.45, 7) is 13.0. The van der Waals surface area contributed by atoms with Gasteiger partial charge in [0.05, 0.1) is 47.3 Å². The number of carbonyl (C=O) groups excluding carboxylic acids is 3. The van der Waals surface area contributed by atoms with Gasteiger partial charge in [-0.3, -0.25) is 14.4 Å². The number of nitrogens with two attached hydrogens (primary N) is 1. The predicted octanol–water partition coefficient (Wildman–Crippen LogP) is 4.07. The Labute approximate surface area is 344 Å². The van der Waals surface area contributed by atoms with E-state index in [1.807, 2.05) is 51.0 Å². The van der Waals surface area contributed by atoms with Crippen LogP contribution in [0.3, 0.4) is 0 Å². The van der Waals surface area contributed by atoms with Crippen LogP contribution in [0.4, 0.5) is 5.13 Å². The van der Waals surface area contributed by atoms with Gasteiger partial charge in [-0.2, -0.15) is 0 Å². The molecular weight excluding hydrogens is 771 g/mol. The molecule has 0 spiro atoms. The second kappa shape index (κ2) is 18.9. The molecule has 4 N–H and O–H groups in total. The minimum absolute atomic E-state index is 0.0218. The van der Waals surface area contributed by atoms with Gasteiger partial charge >= 0.3 is 5.97 Å². The van der Waals surface area contributed by atoms with Gasteiger partial charge < -0.3 is 49.4 Å². The number of Topliss-reactive ketones (excluding diaryl/α,β-unsaturated/α-hetero) is 1. The normalized spacial score (nSPS) is 37.3. The quantitative estimate of drug-likeness (QED) is 0.204. The van der Waals surface area contributed by atoms with E-state index >= 15 is 0 Å². The highest BCUT2D eigenvalue weighted by molar-refractivity contribution is 7.22. The lowest BCUT2D eigenvalue weighted by atomic mass is 9.76. The molecule has 3 aliphatic heterocycles. The van der Waals surface area contributed by atoms with Gasteiger partial charge in [-0.1, -0.05) is 43.3 Å². The Balaban J connectivity index is 1.63. The van der Waals surface area contributed by atoms with Crippen LogP contribution in [0.15, 0.2) is 28.3 Å². The summed E-state index contributed by atoms with van der Waals surface area (Å²) in [6, 6.07) is 5.33. The Morgan fingerprint density at radius 3 is 2.55 bits per heavy atom. The van der Waals surface area contributed by atoms with Crippen molar-refractivity contribution in [3.05, 3.63) is 23.8 Å². The van der Waals surface area contributed by atoms with Crippen LogP contribution in [0.5, 0.6) is 0 Å². The summed E-state index contributed by atoms with van der Waals surface area (Å²) < 4.78 is 33.1. The van der Waals surface area contributed by atoms with Crippen molar-refractivity contribution in [3.8, 4) is 0 Å². The Bertz CT molecular complexity index is 1850. The molecule has 4 heterocycles. The van der Waals surface area contributed by atoms with Crippen LogP contribution >= 0.6 is 11.3 Å².